The highest BCUT2D eigenvalue weighted by Crippen LogP contribution is 2.45. The summed E-state index contributed by atoms with van der Waals surface area (Å²) >= 11 is 0. The molecule has 0 bridgehead atoms. The molecule has 0 radical (unpaired) electrons. The van der Waals surface area contributed by atoms with Gasteiger partial charge in [0.2, 0.25) is 5.91 Å². The molecule has 0 spiro atoms. The van der Waals surface area contributed by atoms with Crippen LogP contribution in [-0.2, 0) is 13.9 Å². The summed E-state index contributed by atoms with van der Waals surface area (Å²) in [6, 6.07) is -0.904. The van der Waals surface area contributed by atoms with Crippen LogP contribution in [0.25, 0.3) is 0 Å². The third-order valence-corrected chi connectivity index (χ3v) is 9.83. The lowest BCUT2D eigenvalue weighted by Gasteiger charge is -2.24. The number of allylic oxidation sites excluding steroid dienone is 1. The Kier molecular flexibility index (Phi) is 30.3. The number of aliphatic hydroxyl groups excluding tert-OH is 2. The average Bonchev–Trinajstić information content (AvgIpc) is 3.01. The standard InChI is InChI=1S/C35H71N2O6P/c1-3-5-7-9-11-13-15-17-18-20-22-24-26-28-33(38)32(31-43-44(41,42)35(40)30-36)37-34(39)29-27-25-23-21-19-16-14-12-10-8-6-4-2/h26,28,32-33,35,38,40H,3-25,27,29-31,36H2,1-2H3,(H,37,39)(H,41,42). The Morgan fingerprint density at radius 2 is 1.14 bits per heavy atom. The predicted molar refractivity (Wildman–Crippen MR) is 185 cm³/mol. The summed E-state index contributed by atoms with van der Waals surface area (Å²) < 4.78 is 17.3. The van der Waals surface area contributed by atoms with Crippen LogP contribution in [-0.4, -0.2) is 52.2 Å². The van der Waals surface area contributed by atoms with Gasteiger partial charge in [-0.2, -0.15) is 0 Å². The summed E-state index contributed by atoms with van der Waals surface area (Å²) in [7, 11) is -4.39. The number of hydrogen-bond acceptors (Lipinski definition) is 6. The molecule has 0 aliphatic heterocycles. The van der Waals surface area contributed by atoms with Gasteiger partial charge in [-0.25, -0.2) is 0 Å². The zero-order valence-electron chi connectivity index (χ0n) is 28.6. The van der Waals surface area contributed by atoms with Gasteiger partial charge in [-0.05, 0) is 19.3 Å². The SMILES string of the molecule is CCCCCCCCCCCCCC=CC(O)C(COP(=O)(O)C(O)CN)NC(=O)CCCCCCCCCCCCCC. The second kappa shape index (κ2) is 30.9. The van der Waals surface area contributed by atoms with Gasteiger partial charge in [0.25, 0.3) is 0 Å². The van der Waals surface area contributed by atoms with Gasteiger partial charge >= 0.3 is 7.60 Å². The van der Waals surface area contributed by atoms with E-state index in [4.69, 9.17) is 10.3 Å². The molecule has 0 aromatic rings. The first-order chi connectivity index (χ1) is 21.3. The Bertz CT molecular complexity index is 723. The number of aliphatic hydroxyl groups is 2. The van der Waals surface area contributed by atoms with Crippen molar-refractivity contribution >= 4 is 13.5 Å². The molecule has 0 saturated heterocycles. The molecule has 0 aliphatic rings. The molecule has 0 fully saturated rings. The molecule has 0 aromatic heterocycles. The van der Waals surface area contributed by atoms with Crippen molar-refractivity contribution in [1.29, 1.82) is 0 Å². The molecule has 6 N–H and O–H groups in total. The first-order valence-electron chi connectivity index (χ1n) is 18.3. The van der Waals surface area contributed by atoms with E-state index in [2.05, 4.69) is 19.2 Å². The van der Waals surface area contributed by atoms with E-state index >= 15 is 0 Å². The number of amides is 1. The number of carbonyl (C=O) groups is 1. The number of hydrogen-bond donors (Lipinski definition) is 5. The maximum Gasteiger partial charge on any atom is 0.357 e. The van der Waals surface area contributed by atoms with Crippen LogP contribution in [0.2, 0.25) is 0 Å². The van der Waals surface area contributed by atoms with Crippen LogP contribution in [0.15, 0.2) is 12.2 Å². The Morgan fingerprint density at radius 3 is 1.57 bits per heavy atom. The molecule has 0 rings (SSSR count). The maximum atomic E-state index is 12.6. The van der Waals surface area contributed by atoms with Gasteiger partial charge in [-0.15, -0.1) is 0 Å². The van der Waals surface area contributed by atoms with Crippen LogP contribution in [0.3, 0.4) is 0 Å². The minimum atomic E-state index is -4.39. The number of carbonyl (C=O) groups excluding carboxylic acids is 1. The number of nitrogens with one attached hydrogen (secondary N) is 1. The van der Waals surface area contributed by atoms with E-state index in [1.165, 1.54) is 116 Å². The molecular formula is C35H71N2O6P. The zero-order valence-corrected chi connectivity index (χ0v) is 29.5. The van der Waals surface area contributed by atoms with E-state index in [0.717, 1.165) is 38.5 Å². The predicted octanol–water partition coefficient (Wildman–Crippen LogP) is 8.66. The Balaban J connectivity index is 4.37. The number of nitrogens with two attached hydrogens (primary N) is 1. The molecule has 0 heterocycles. The summed E-state index contributed by atoms with van der Waals surface area (Å²) in [4.78, 5) is 22.6. The maximum absolute atomic E-state index is 12.6. The van der Waals surface area contributed by atoms with Crippen molar-refractivity contribution in [2.75, 3.05) is 13.2 Å². The van der Waals surface area contributed by atoms with Gasteiger partial charge in [0.15, 0.2) is 5.85 Å². The van der Waals surface area contributed by atoms with Crippen molar-refractivity contribution in [3.63, 3.8) is 0 Å². The van der Waals surface area contributed by atoms with Gasteiger partial charge < -0.3 is 30.7 Å². The highest BCUT2D eigenvalue weighted by molar-refractivity contribution is 7.53. The van der Waals surface area contributed by atoms with Crippen LogP contribution in [0.5, 0.6) is 0 Å². The minimum Gasteiger partial charge on any atom is -0.387 e. The minimum absolute atomic E-state index is 0.226. The largest absolute Gasteiger partial charge is 0.387 e. The molecular weight excluding hydrogens is 575 g/mol. The fourth-order valence-corrected chi connectivity index (χ4v) is 6.15. The molecule has 8 nitrogen and oxygen atoms in total. The van der Waals surface area contributed by atoms with Gasteiger partial charge in [-0.3, -0.25) is 9.36 Å². The first kappa shape index (κ1) is 43.2. The Labute approximate surface area is 270 Å². The van der Waals surface area contributed by atoms with E-state index < -0.39 is 38.7 Å². The summed E-state index contributed by atoms with van der Waals surface area (Å²) in [5.74, 6) is -1.94. The molecule has 0 aromatic carbocycles. The third-order valence-electron chi connectivity index (χ3n) is 8.35. The van der Waals surface area contributed by atoms with E-state index in [1.807, 2.05) is 6.08 Å². The normalized spacial score (nSPS) is 15.3. The van der Waals surface area contributed by atoms with Crippen LogP contribution in [0.1, 0.15) is 174 Å². The quantitative estimate of drug-likeness (QED) is 0.0273. The summed E-state index contributed by atoms with van der Waals surface area (Å²) in [6.07, 6.45) is 32.1. The fraction of sp³-hybridized carbons (Fsp3) is 0.914. The smallest absolute Gasteiger partial charge is 0.357 e. The first-order valence-corrected chi connectivity index (χ1v) is 19.9. The molecule has 4 unspecified atom stereocenters. The number of unbranched alkanes of at least 4 members (excludes halogenated alkanes) is 22. The Hall–Kier alpha value is -0.760. The van der Waals surface area contributed by atoms with E-state index in [9.17, 15) is 24.5 Å². The fourth-order valence-electron chi connectivity index (χ4n) is 5.33. The lowest BCUT2D eigenvalue weighted by atomic mass is 10.0. The van der Waals surface area contributed by atoms with Gasteiger partial charge in [-0.1, -0.05) is 161 Å². The van der Waals surface area contributed by atoms with Crippen LogP contribution < -0.4 is 11.1 Å². The monoisotopic (exact) mass is 647 g/mol. The third kappa shape index (κ3) is 26.5. The van der Waals surface area contributed by atoms with E-state index in [1.54, 1.807) is 6.08 Å². The zero-order chi connectivity index (χ0) is 32.7. The van der Waals surface area contributed by atoms with Gasteiger partial charge in [0, 0.05) is 13.0 Å². The Morgan fingerprint density at radius 1 is 0.727 bits per heavy atom. The second-order valence-electron chi connectivity index (χ2n) is 12.6. The van der Waals surface area contributed by atoms with Gasteiger partial charge in [0.05, 0.1) is 18.8 Å². The van der Waals surface area contributed by atoms with Crippen molar-refractivity contribution in [3.8, 4) is 0 Å². The van der Waals surface area contributed by atoms with Crippen molar-refractivity contribution < 1.29 is 29.0 Å². The van der Waals surface area contributed by atoms with Crippen LogP contribution in [0, 0.1) is 0 Å². The molecule has 0 saturated carbocycles. The lowest BCUT2D eigenvalue weighted by molar-refractivity contribution is -0.122. The average molecular weight is 647 g/mol. The van der Waals surface area contributed by atoms with Crippen LogP contribution in [0.4, 0.5) is 0 Å². The van der Waals surface area contributed by atoms with E-state index in [0.29, 0.717) is 6.42 Å². The highest BCUT2D eigenvalue weighted by Gasteiger charge is 2.32. The van der Waals surface area contributed by atoms with E-state index in [-0.39, 0.29) is 5.91 Å². The summed E-state index contributed by atoms with van der Waals surface area (Å²) in [5.41, 5.74) is 5.31. The molecule has 4 atom stereocenters. The number of rotatable bonds is 33. The molecule has 44 heavy (non-hydrogen) atoms. The highest BCUT2D eigenvalue weighted by atomic mass is 31.2. The topological polar surface area (TPSA) is 142 Å². The van der Waals surface area contributed by atoms with Crippen molar-refractivity contribution in [1.82, 2.24) is 5.32 Å². The van der Waals surface area contributed by atoms with Crippen molar-refractivity contribution in [2.45, 2.75) is 192 Å². The lowest BCUT2D eigenvalue weighted by Crippen LogP contribution is -2.45. The second-order valence-corrected chi connectivity index (χ2v) is 14.6. The molecule has 9 heteroatoms. The molecule has 1 amide bonds. The van der Waals surface area contributed by atoms with Crippen LogP contribution >= 0.6 is 7.60 Å². The van der Waals surface area contributed by atoms with Crippen molar-refractivity contribution in [3.05, 3.63) is 12.2 Å². The molecule has 0 aliphatic carbocycles. The van der Waals surface area contributed by atoms with Crippen molar-refractivity contribution in [2.24, 2.45) is 5.73 Å². The van der Waals surface area contributed by atoms with Gasteiger partial charge in [0.1, 0.15) is 0 Å². The summed E-state index contributed by atoms with van der Waals surface area (Å²) in [5, 5.41) is 23.2. The summed E-state index contributed by atoms with van der Waals surface area (Å²) in [6.45, 7) is 3.66. The molecule has 262 valence electrons.